The first-order valence-electron chi connectivity index (χ1n) is 6.24. The second-order valence-corrected chi connectivity index (χ2v) is 7.34. The van der Waals surface area contributed by atoms with Crippen LogP contribution in [0.2, 0.25) is 0 Å². The zero-order valence-electron chi connectivity index (χ0n) is 10.9. The van der Waals surface area contributed by atoms with E-state index in [9.17, 15) is 13.2 Å². The number of nitrogens with one attached hydrogen (secondary N) is 1. The maximum Gasteiger partial charge on any atom is 0.257 e. The van der Waals surface area contributed by atoms with E-state index in [-0.39, 0.29) is 11.7 Å². The highest BCUT2D eigenvalue weighted by atomic mass is 32.2. The van der Waals surface area contributed by atoms with Gasteiger partial charge in [-0.25, -0.2) is 8.42 Å². The molecule has 9 heteroatoms. The van der Waals surface area contributed by atoms with Gasteiger partial charge in [-0.15, -0.1) is 10.2 Å². The van der Waals surface area contributed by atoms with Gasteiger partial charge in [0.15, 0.2) is 0 Å². The third-order valence-corrected chi connectivity index (χ3v) is 5.55. The normalized spacial score (nSPS) is 16.9. The lowest BCUT2D eigenvalue weighted by Crippen LogP contribution is -2.25. The molecule has 1 aromatic heterocycles. The number of rotatable bonds is 3. The molecule has 1 fully saturated rings. The molecule has 0 atom stereocenters. The number of amides is 1. The number of benzene rings is 1. The Labute approximate surface area is 125 Å². The molecule has 0 radical (unpaired) electrons. The summed E-state index contributed by atoms with van der Waals surface area (Å²) in [5.41, 5.74) is 2.41. The van der Waals surface area contributed by atoms with Crippen molar-refractivity contribution in [3.63, 3.8) is 0 Å². The molecule has 1 aromatic carbocycles. The zero-order chi connectivity index (χ0) is 14.9. The van der Waals surface area contributed by atoms with Gasteiger partial charge >= 0.3 is 0 Å². The highest BCUT2D eigenvalue weighted by molar-refractivity contribution is 7.93. The molecule has 3 rings (SSSR count). The second kappa shape index (κ2) is 5.41. The van der Waals surface area contributed by atoms with E-state index in [0.29, 0.717) is 29.3 Å². The van der Waals surface area contributed by atoms with E-state index in [2.05, 4.69) is 15.5 Å². The number of carbonyl (C=O) groups is 1. The zero-order valence-corrected chi connectivity index (χ0v) is 12.5. The largest absolute Gasteiger partial charge is 0.296 e. The summed E-state index contributed by atoms with van der Waals surface area (Å²) in [7, 11) is -3.25. The Hall–Kier alpha value is -2.00. The van der Waals surface area contributed by atoms with Gasteiger partial charge in [-0.05, 0) is 24.6 Å². The number of carbonyl (C=O) groups excluding carboxylic acids is 1. The Morgan fingerprint density at radius 3 is 2.90 bits per heavy atom. The Morgan fingerprint density at radius 1 is 1.38 bits per heavy atom. The van der Waals surface area contributed by atoms with Crippen molar-refractivity contribution in [2.24, 2.45) is 0 Å². The van der Waals surface area contributed by atoms with Gasteiger partial charge in [0, 0.05) is 12.1 Å². The minimum absolute atomic E-state index is 0.147. The fourth-order valence-corrected chi connectivity index (χ4v) is 4.12. The summed E-state index contributed by atoms with van der Waals surface area (Å²) in [6, 6.07) is 6.55. The van der Waals surface area contributed by atoms with Crippen LogP contribution in [0.4, 0.5) is 10.8 Å². The van der Waals surface area contributed by atoms with Crippen LogP contribution in [0.25, 0.3) is 0 Å². The van der Waals surface area contributed by atoms with Gasteiger partial charge in [-0.1, -0.05) is 17.4 Å². The van der Waals surface area contributed by atoms with Crippen LogP contribution in [-0.2, 0) is 10.0 Å². The van der Waals surface area contributed by atoms with Gasteiger partial charge < -0.3 is 0 Å². The number of sulfonamides is 1. The summed E-state index contributed by atoms with van der Waals surface area (Å²) in [4.78, 5) is 12.1. The van der Waals surface area contributed by atoms with Gasteiger partial charge in [0.05, 0.1) is 11.4 Å². The van der Waals surface area contributed by atoms with Crippen molar-refractivity contribution < 1.29 is 13.2 Å². The number of aromatic nitrogens is 2. The van der Waals surface area contributed by atoms with Gasteiger partial charge in [0.2, 0.25) is 15.2 Å². The minimum atomic E-state index is -3.25. The Bertz CT molecular complexity index is 759. The van der Waals surface area contributed by atoms with E-state index in [1.54, 1.807) is 24.3 Å². The SMILES string of the molecule is O=C(Nc1nncs1)c1cccc(N2CCCS2(=O)=O)c1. The van der Waals surface area contributed by atoms with E-state index in [0.717, 1.165) is 0 Å². The molecule has 110 valence electrons. The van der Waals surface area contributed by atoms with Gasteiger partial charge in [-0.2, -0.15) is 0 Å². The lowest BCUT2D eigenvalue weighted by atomic mass is 10.2. The van der Waals surface area contributed by atoms with Crippen LogP contribution >= 0.6 is 11.3 Å². The summed E-state index contributed by atoms with van der Waals surface area (Å²) < 4.78 is 25.2. The average molecular weight is 324 g/mol. The maximum absolute atomic E-state index is 12.1. The van der Waals surface area contributed by atoms with Gasteiger partial charge in [-0.3, -0.25) is 14.4 Å². The fraction of sp³-hybridized carbons (Fsp3) is 0.250. The van der Waals surface area contributed by atoms with Crippen LogP contribution in [0, 0.1) is 0 Å². The van der Waals surface area contributed by atoms with Crippen molar-refractivity contribution in [2.45, 2.75) is 6.42 Å². The van der Waals surface area contributed by atoms with Crippen LogP contribution in [-0.4, -0.2) is 36.8 Å². The van der Waals surface area contributed by atoms with E-state index < -0.39 is 10.0 Å². The number of hydrogen-bond donors (Lipinski definition) is 1. The van der Waals surface area contributed by atoms with Crippen LogP contribution < -0.4 is 9.62 Å². The van der Waals surface area contributed by atoms with Crippen molar-refractivity contribution in [1.82, 2.24) is 10.2 Å². The molecule has 1 amide bonds. The molecule has 1 saturated heterocycles. The molecule has 1 N–H and O–H groups in total. The standard InChI is InChI=1S/C12H12N4O3S2/c17-11(14-12-15-13-8-20-12)9-3-1-4-10(7-9)16-5-2-6-21(16,18)19/h1,3-4,7-8H,2,5-6H2,(H,14,15,17). The number of hydrogen-bond acceptors (Lipinski definition) is 6. The average Bonchev–Trinajstić information content (AvgIpc) is 3.08. The van der Waals surface area contributed by atoms with Crippen molar-refractivity contribution >= 4 is 38.1 Å². The summed E-state index contributed by atoms with van der Waals surface area (Å²) in [5, 5.41) is 10.4. The van der Waals surface area contributed by atoms with Crippen molar-refractivity contribution in [1.29, 1.82) is 0 Å². The van der Waals surface area contributed by atoms with Crippen molar-refractivity contribution in [3.05, 3.63) is 35.3 Å². The lowest BCUT2D eigenvalue weighted by Gasteiger charge is -2.17. The molecule has 2 heterocycles. The molecule has 2 aromatic rings. The molecule has 0 bridgehead atoms. The van der Waals surface area contributed by atoms with E-state index in [1.165, 1.54) is 21.2 Å². The molecule has 0 spiro atoms. The summed E-state index contributed by atoms with van der Waals surface area (Å²) in [5.74, 6) is -0.195. The predicted octanol–water partition coefficient (Wildman–Crippen LogP) is 1.33. The highest BCUT2D eigenvalue weighted by Gasteiger charge is 2.28. The smallest absolute Gasteiger partial charge is 0.257 e. The lowest BCUT2D eigenvalue weighted by molar-refractivity contribution is 0.102. The molecular weight excluding hydrogens is 312 g/mol. The van der Waals surface area contributed by atoms with Crippen LogP contribution in [0.5, 0.6) is 0 Å². The summed E-state index contributed by atoms with van der Waals surface area (Å²) >= 11 is 1.21. The molecule has 1 aliphatic heterocycles. The second-order valence-electron chi connectivity index (χ2n) is 4.49. The van der Waals surface area contributed by atoms with Crippen LogP contribution in [0.3, 0.4) is 0 Å². The van der Waals surface area contributed by atoms with E-state index in [1.807, 2.05) is 0 Å². The molecule has 7 nitrogen and oxygen atoms in total. The number of nitrogens with zero attached hydrogens (tertiary/aromatic N) is 3. The molecule has 1 aliphatic rings. The van der Waals surface area contributed by atoms with Crippen molar-refractivity contribution in [2.75, 3.05) is 21.9 Å². The Kier molecular flexibility index (Phi) is 3.60. The minimum Gasteiger partial charge on any atom is -0.296 e. The van der Waals surface area contributed by atoms with E-state index >= 15 is 0 Å². The predicted molar refractivity (Wildman–Crippen MR) is 80.1 cm³/mol. The fourth-order valence-electron chi connectivity index (χ4n) is 2.13. The van der Waals surface area contributed by atoms with E-state index in [4.69, 9.17) is 0 Å². The maximum atomic E-state index is 12.1. The first-order chi connectivity index (χ1) is 10.1. The molecule has 0 saturated carbocycles. The summed E-state index contributed by atoms with van der Waals surface area (Å²) in [6.45, 7) is 0.448. The molecule has 0 aliphatic carbocycles. The van der Waals surface area contributed by atoms with Crippen LogP contribution in [0.1, 0.15) is 16.8 Å². The Morgan fingerprint density at radius 2 is 2.24 bits per heavy atom. The van der Waals surface area contributed by atoms with Gasteiger partial charge in [0.25, 0.3) is 5.91 Å². The Balaban J connectivity index is 1.85. The first-order valence-corrected chi connectivity index (χ1v) is 8.73. The molecule has 21 heavy (non-hydrogen) atoms. The quantitative estimate of drug-likeness (QED) is 0.919. The topological polar surface area (TPSA) is 92.3 Å². The highest BCUT2D eigenvalue weighted by Crippen LogP contribution is 2.25. The monoisotopic (exact) mass is 324 g/mol. The van der Waals surface area contributed by atoms with Gasteiger partial charge in [0.1, 0.15) is 5.51 Å². The van der Waals surface area contributed by atoms with Crippen molar-refractivity contribution in [3.8, 4) is 0 Å². The molecule has 0 unspecified atom stereocenters. The third-order valence-electron chi connectivity index (χ3n) is 3.08. The summed E-state index contributed by atoms with van der Waals surface area (Å²) in [6.07, 6.45) is 0.601. The molecular formula is C12H12N4O3S2. The van der Waals surface area contributed by atoms with Crippen LogP contribution in [0.15, 0.2) is 29.8 Å². The third kappa shape index (κ3) is 2.88. The first kappa shape index (κ1) is 14.0. The number of anilines is 2.